The summed E-state index contributed by atoms with van der Waals surface area (Å²) in [6, 6.07) is 10.7. The van der Waals surface area contributed by atoms with E-state index in [1.165, 1.54) is 4.31 Å². The fourth-order valence-electron chi connectivity index (χ4n) is 2.03. The van der Waals surface area contributed by atoms with Crippen molar-refractivity contribution < 1.29 is 8.42 Å². The highest BCUT2D eigenvalue weighted by Gasteiger charge is 2.20. The Bertz CT molecular complexity index is 680. The number of aromatic nitrogens is 1. The molecule has 2 aromatic rings. The molecule has 0 fully saturated rings. The van der Waals surface area contributed by atoms with Gasteiger partial charge < -0.3 is 0 Å². The van der Waals surface area contributed by atoms with Crippen LogP contribution in [0.5, 0.6) is 0 Å². The summed E-state index contributed by atoms with van der Waals surface area (Å²) in [6.07, 6.45) is 3.32. The summed E-state index contributed by atoms with van der Waals surface area (Å²) >= 11 is 0. The van der Waals surface area contributed by atoms with Gasteiger partial charge in [-0.3, -0.25) is 4.98 Å². The summed E-state index contributed by atoms with van der Waals surface area (Å²) in [5.41, 5.74) is 2.04. The van der Waals surface area contributed by atoms with Gasteiger partial charge in [-0.2, -0.15) is 4.31 Å². The summed E-state index contributed by atoms with van der Waals surface area (Å²) in [4.78, 5) is 4.25. The van der Waals surface area contributed by atoms with Crippen LogP contribution >= 0.6 is 0 Å². The summed E-state index contributed by atoms with van der Waals surface area (Å²) < 4.78 is 26.4. The molecule has 0 saturated carbocycles. The lowest BCUT2D eigenvalue weighted by Crippen LogP contribution is -2.26. The van der Waals surface area contributed by atoms with Crippen LogP contribution in [0.1, 0.15) is 30.9 Å². The molecule has 5 heteroatoms. The van der Waals surface area contributed by atoms with Crippen LogP contribution in [-0.2, 0) is 16.6 Å². The van der Waals surface area contributed by atoms with Crippen LogP contribution in [0.25, 0.3) is 0 Å². The second-order valence-corrected chi connectivity index (χ2v) is 7.39. The predicted octanol–water partition coefficient (Wildman–Crippen LogP) is 3.03. The Kier molecular flexibility index (Phi) is 4.75. The predicted molar refractivity (Wildman–Crippen MR) is 83.4 cm³/mol. The second-order valence-electron chi connectivity index (χ2n) is 5.34. The molecule has 0 N–H and O–H groups in total. The minimum atomic E-state index is -3.47. The van der Waals surface area contributed by atoms with E-state index in [0.717, 1.165) is 11.1 Å². The van der Waals surface area contributed by atoms with E-state index in [-0.39, 0.29) is 0 Å². The Balaban J connectivity index is 2.20. The summed E-state index contributed by atoms with van der Waals surface area (Å²) in [5.74, 6) is 0.385. The molecule has 4 nitrogen and oxygen atoms in total. The lowest BCUT2D eigenvalue weighted by molar-refractivity contribution is 0.466. The van der Waals surface area contributed by atoms with Gasteiger partial charge in [0.15, 0.2) is 0 Å². The molecule has 2 rings (SSSR count). The largest absolute Gasteiger partial charge is 0.265 e. The third-order valence-corrected chi connectivity index (χ3v) is 5.23. The summed E-state index contributed by atoms with van der Waals surface area (Å²) in [6.45, 7) is 4.49. The lowest BCUT2D eigenvalue weighted by Gasteiger charge is -2.17. The zero-order chi connectivity index (χ0) is 15.5. The van der Waals surface area contributed by atoms with Gasteiger partial charge in [-0.15, -0.1) is 0 Å². The molecular weight excluding hydrogens is 284 g/mol. The average Bonchev–Trinajstić information content (AvgIpc) is 2.48. The van der Waals surface area contributed by atoms with Crippen molar-refractivity contribution in [2.75, 3.05) is 7.05 Å². The van der Waals surface area contributed by atoms with Gasteiger partial charge in [0, 0.05) is 26.0 Å². The summed E-state index contributed by atoms with van der Waals surface area (Å²) in [5, 5.41) is 0. The topological polar surface area (TPSA) is 50.3 Å². The monoisotopic (exact) mass is 304 g/mol. The average molecular weight is 304 g/mol. The number of hydrogen-bond acceptors (Lipinski definition) is 3. The third-order valence-electron chi connectivity index (χ3n) is 3.41. The van der Waals surface area contributed by atoms with Crippen LogP contribution in [0.15, 0.2) is 53.7 Å². The minimum absolute atomic E-state index is 0.323. The van der Waals surface area contributed by atoms with Crippen molar-refractivity contribution in [3.8, 4) is 0 Å². The zero-order valence-corrected chi connectivity index (χ0v) is 13.3. The van der Waals surface area contributed by atoms with Crippen molar-refractivity contribution in [2.24, 2.45) is 0 Å². The molecule has 0 aliphatic heterocycles. The van der Waals surface area contributed by atoms with E-state index in [4.69, 9.17) is 0 Å². The fraction of sp³-hybridized carbons (Fsp3) is 0.312. The number of rotatable bonds is 5. The van der Waals surface area contributed by atoms with Crippen molar-refractivity contribution in [1.29, 1.82) is 0 Å². The van der Waals surface area contributed by atoms with Crippen LogP contribution in [0.2, 0.25) is 0 Å². The number of pyridine rings is 1. The van der Waals surface area contributed by atoms with Gasteiger partial charge in [0.05, 0.1) is 4.90 Å². The van der Waals surface area contributed by atoms with E-state index < -0.39 is 10.0 Å². The Labute approximate surface area is 126 Å². The third kappa shape index (κ3) is 3.68. The van der Waals surface area contributed by atoms with Gasteiger partial charge >= 0.3 is 0 Å². The van der Waals surface area contributed by atoms with E-state index in [9.17, 15) is 8.42 Å². The number of sulfonamides is 1. The molecule has 0 aliphatic rings. The normalized spacial score (nSPS) is 12.0. The number of nitrogens with zero attached hydrogens (tertiary/aromatic N) is 2. The maximum absolute atomic E-state index is 12.5. The van der Waals surface area contributed by atoms with Gasteiger partial charge in [-0.05, 0) is 41.3 Å². The van der Waals surface area contributed by atoms with Crippen LogP contribution in [0.3, 0.4) is 0 Å². The molecule has 0 radical (unpaired) electrons. The molecule has 1 aromatic carbocycles. The first kappa shape index (κ1) is 15.7. The Morgan fingerprint density at radius 2 is 1.62 bits per heavy atom. The molecule has 0 saturated heterocycles. The van der Waals surface area contributed by atoms with Gasteiger partial charge in [0.25, 0.3) is 0 Å². The molecule has 1 aromatic heterocycles. The molecule has 0 bridgehead atoms. The van der Waals surface area contributed by atoms with Crippen molar-refractivity contribution in [1.82, 2.24) is 9.29 Å². The van der Waals surface area contributed by atoms with Gasteiger partial charge in [-0.1, -0.05) is 26.0 Å². The Hall–Kier alpha value is -1.72. The van der Waals surface area contributed by atoms with E-state index in [1.807, 2.05) is 24.3 Å². The molecule has 0 unspecified atom stereocenters. The molecule has 112 valence electrons. The molecule has 0 atom stereocenters. The lowest BCUT2D eigenvalue weighted by atomic mass is 10.0. The van der Waals surface area contributed by atoms with Crippen molar-refractivity contribution in [3.05, 3.63) is 59.9 Å². The quantitative estimate of drug-likeness (QED) is 0.853. The van der Waals surface area contributed by atoms with Crippen molar-refractivity contribution in [3.63, 3.8) is 0 Å². The first-order valence-corrected chi connectivity index (χ1v) is 8.30. The highest BCUT2D eigenvalue weighted by molar-refractivity contribution is 7.89. The maximum atomic E-state index is 12.5. The first-order chi connectivity index (χ1) is 9.91. The molecule has 0 amide bonds. The molecule has 1 heterocycles. The Morgan fingerprint density at radius 3 is 2.14 bits per heavy atom. The van der Waals surface area contributed by atoms with Gasteiger partial charge in [0.2, 0.25) is 10.0 Å². The van der Waals surface area contributed by atoms with Gasteiger partial charge in [-0.25, -0.2) is 8.42 Å². The highest BCUT2D eigenvalue weighted by Crippen LogP contribution is 2.20. The molecule has 21 heavy (non-hydrogen) atoms. The molecule has 0 aliphatic carbocycles. The molecular formula is C16H20N2O2S. The summed E-state index contributed by atoms with van der Waals surface area (Å²) in [7, 11) is -1.88. The maximum Gasteiger partial charge on any atom is 0.243 e. The molecule has 0 spiro atoms. The zero-order valence-electron chi connectivity index (χ0n) is 12.5. The van der Waals surface area contributed by atoms with E-state index >= 15 is 0 Å². The van der Waals surface area contributed by atoms with Crippen molar-refractivity contribution in [2.45, 2.75) is 31.2 Å². The van der Waals surface area contributed by atoms with Crippen LogP contribution < -0.4 is 0 Å². The minimum Gasteiger partial charge on any atom is -0.265 e. The number of hydrogen-bond donors (Lipinski definition) is 0. The van der Waals surface area contributed by atoms with E-state index in [1.54, 1.807) is 31.6 Å². The second kappa shape index (κ2) is 6.37. The smallest absolute Gasteiger partial charge is 0.243 e. The van der Waals surface area contributed by atoms with Crippen LogP contribution in [0, 0.1) is 0 Å². The first-order valence-electron chi connectivity index (χ1n) is 6.86. The van der Waals surface area contributed by atoms with Crippen LogP contribution in [-0.4, -0.2) is 24.8 Å². The van der Waals surface area contributed by atoms with Crippen LogP contribution in [0.4, 0.5) is 0 Å². The SMILES string of the molecule is CC(C)c1ccc(S(=O)(=O)N(C)Cc2ccncc2)cc1. The Morgan fingerprint density at radius 1 is 1.05 bits per heavy atom. The highest BCUT2D eigenvalue weighted by atomic mass is 32.2. The van der Waals surface area contributed by atoms with Gasteiger partial charge in [0.1, 0.15) is 0 Å². The van der Waals surface area contributed by atoms with Crippen molar-refractivity contribution >= 4 is 10.0 Å². The fourth-order valence-corrected chi connectivity index (χ4v) is 3.19. The standard InChI is InChI=1S/C16H20N2O2S/c1-13(2)15-4-6-16(7-5-15)21(19,20)18(3)12-14-8-10-17-11-9-14/h4-11,13H,12H2,1-3H3. The van der Waals surface area contributed by atoms with E-state index in [2.05, 4.69) is 18.8 Å². The number of benzene rings is 1. The van der Waals surface area contributed by atoms with E-state index in [0.29, 0.717) is 17.4 Å².